The summed E-state index contributed by atoms with van der Waals surface area (Å²) in [6.07, 6.45) is 13.0. The Morgan fingerprint density at radius 2 is 2.14 bits per heavy atom. The molecule has 0 aromatic carbocycles. The van der Waals surface area contributed by atoms with Crippen LogP contribution in [0.2, 0.25) is 0 Å². The van der Waals surface area contributed by atoms with E-state index < -0.39 is 29.5 Å². The van der Waals surface area contributed by atoms with Gasteiger partial charge in [0.15, 0.2) is 5.78 Å². The summed E-state index contributed by atoms with van der Waals surface area (Å²) in [6.45, 7) is 5.49. The molecule has 0 saturated heterocycles. The number of fused-ring (bicyclic) bond motifs is 6. The van der Waals surface area contributed by atoms with Crippen LogP contribution in [-0.2, 0) is 11.2 Å². The lowest BCUT2D eigenvalue weighted by Gasteiger charge is -2.60. The first kappa shape index (κ1) is 24.4. The second kappa shape index (κ2) is 8.03. The Morgan fingerprint density at radius 1 is 1.36 bits per heavy atom. The number of rotatable bonds is 3. The number of allylic oxidation sites excluding steroid dienone is 3. The molecule has 0 bridgehead atoms. The van der Waals surface area contributed by atoms with Gasteiger partial charge in [0.2, 0.25) is 0 Å². The number of aliphatic hydroxyl groups excluding tert-OH is 2. The van der Waals surface area contributed by atoms with Gasteiger partial charge in [0.05, 0.1) is 23.7 Å². The van der Waals surface area contributed by atoms with Crippen molar-refractivity contribution in [2.45, 2.75) is 70.1 Å². The number of alkyl halides is 1. The maximum atomic E-state index is 12.8. The van der Waals surface area contributed by atoms with E-state index in [1.54, 1.807) is 0 Å². The second-order valence-electron chi connectivity index (χ2n) is 12.2. The summed E-state index contributed by atoms with van der Waals surface area (Å²) in [5, 5.41) is 40.9. The molecule has 9 atom stereocenters. The maximum absolute atomic E-state index is 12.8. The smallest absolute Gasteiger partial charge is 0.190 e. The van der Waals surface area contributed by atoms with E-state index in [-0.39, 0.29) is 34.6 Å². The van der Waals surface area contributed by atoms with Gasteiger partial charge in [-0.3, -0.25) is 4.79 Å². The highest BCUT2D eigenvalue weighted by Crippen LogP contribution is 2.68. The monoisotopic (exact) mass is 513 g/mol. The molecule has 0 spiro atoms. The lowest BCUT2D eigenvalue weighted by Crippen LogP contribution is -2.63. The lowest BCUT2D eigenvalue weighted by atomic mass is 9.45. The molecule has 4 N–H and O–H groups in total. The highest BCUT2D eigenvalue weighted by atomic mass is 35.5. The number of dihydropyridines is 1. The van der Waals surface area contributed by atoms with Crippen LogP contribution in [-0.4, -0.2) is 54.7 Å². The minimum Gasteiger partial charge on any atom is -0.393 e. The van der Waals surface area contributed by atoms with Gasteiger partial charge in [0.25, 0.3) is 0 Å². The molecule has 0 radical (unpaired) electrons. The van der Waals surface area contributed by atoms with Crippen molar-refractivity contribution in [1.29, 1.82) is 0 Å². The number of aliphatic hydroxyl groups is 3. The largest absolute Gasteiger partial charge is 0.393 e. The molecule has 194 valence electrons. The minimum atomic E-state index is -1.61. The Bertz CT molecular complexity index is 1210. The van der Waals surface area contributed by atoms with E-state index in [0.29, 0.717) is 6.42 Å². The summed E-state index contributed by atoms with van der Waals surface area (Å²) in [5.74, 6) is -0.421. The number of carbonyl (C=O) groups excluding carboxylic acids is 1. The maximum Gasteiger partial charge on any atom is 0.190 e. The fraction of sp³-hybridized carbons (Fsp3) is 0.643. The van der Waals surface area contributed by atoms with Gasteiger partial charge in [0, 0.05) is 5.41 Å². The zero-order valence-electron chi connectivity index (χ0n) is 21.1. The zero-order chi connectivity index (χ0) is 25.6. The molecule has 1 aromatic rings. The van der Waals surface area contributed by atoms with E-state index in [1.807, 2.05) is 43.1 Å². The molecule has 3 saturated carbocycles. The summed E-state index contributed by atoms with van der Waals surface area (Å²) in [7, 11) is 0. The number of nitrogens with zero attached hydrogens (tertiary/aromatic N) is 2. The first-order valence-electron chi connectivity index (χ1n) is 13.2. The van der Waals surface area contributed by atoms with Crippen LogP contribution in [0, 0.1) is 34.5 Å². The number of ketones is 1. The molecule has 3 fully saturated rings. The van der Waals surface area contributed by atoms with Crippen molar-refractivity contribution in [3.05, 3.63) is 41.4 Å². The summed E-state index contributed by atoms with van der Waals surface area (Å²) < 4.78 is 1.93. The van der Waals surface area contributed by atoms with Crippen LogP contribution in [0.15, 0.2) is 30.1 Å². The van der Waals surface area contributed by atoms with E-state index in [9.17, 15) is 20.1 Å². The van der Waals surface area contributed by atoms with Crippen molar-refractivity contribution >= 4 is 29.2 Å². The van der Waals surface area contributed by atoms with Crippen molar-refractivity contribution in [3.63, 3.8) is 0 Å². The van der Waals surface area contributed by atoms with Crippen molar-refractivity contribution < 1.29 is 20.1 Å². The molecule has 7 nitrogen and oxygen atoms in total. The van der Waals surface area contributed by atoms with Gasteiger partial charge in [0.1, 0.15) is 17.7 Å². The van der Waals surface area contributed by atoms with Gasteiger partial charge in [-0.2, -0.15) is 5.10 Å². The molecule has 6 rings (SSSR count). The number of hydrogen-bond acceptors (Lipinski definition) is 6. The second-order valence-corrected chi connectivity index (χ2v) is 12.7. The SMILES string of the molecule is C[C@@H]1CC2C3CCC4=Cc5c(cnn5C5=CC=CNC5Cl)CC4(C)C3C(O)CC2(C)[C@@]1(O)C(=O)CO. The molecule has 4 aliphatic carbocycles. The van der Waals surface area contributed by atoms with Crippen LogP contribution in [0.25, 0.3) is 11.8 Å². The van der Waals surface area contributed by atoms with Gasteiger partial charge in [-0.25, -0.2) is 4.68 Å². The first-order valence-corrected chi connectivity index (χ1v) is 13.6. The fourth-order valence-corrected chi connectivity index (χ4v) is 9.31. The van der Waals surface area contributed by atoms with Gasteiger partial charge < -0.3 is 20.6 Å². The van der Waals surface area contributed by atoms with Crippen molar-refractivity contribution in [2.75, 3.05) is 6.61 Å². The highest BCUT2D eigenvalue weighted by Gasteiger charge is 2.70. The van der Waals surface area contributed by atoms with Crippen LogP contribution >= 0.6 is 11.6 Å². The normalized spacial score (nSPS) is 45.0. The topological polar surface area (TPSA) is 108 Å². The Morgan fingerprint density at radius 3 is 2.86 bits per heavy atom. The molecular weight excluding hydrogens is 478 g/mol. The van der Waals surface area contributed by atoms with Gasteiger partial charge in [-0.1, -0.05) is 37.9 Å². The predicted molar refractivity (Wildman–Crippen MR) is 137 cm³/mol. The van der Waals surface area contributed by atoms with Gasteiger partial charge in [-0.05, 0) is 91.2 Å². The molecule has 36 heavy (non-hydrogen) atoms. The van der Waals surface area contributed by atoms with E-state index >= 15 is 0 Å². The molecule has 1 aliphatic heterocycles. The zero-order valence-corrected chi connectivity index (χ0v) is 21.9. The lowest BCUT2D eigenvalue weighted by molar-refractivity contribution is -0.186. The number of carbonyl (C=O) groups is 1. The predicted octanol–water partition coefficient (Wildman–Crippen LogP) is 3.10. The number of aromatic nitrogens is 2. The van der Waals surface area contributed by atoms with Gasteiger partial charge in [-0.15, -0.1) is 0 Å². The average molecular weight is 514 g/mol. The van der Waals surface area contributed by atoms with E-state index in [4.69, 9.17) is 16.7 Å². The van der Waals surface area contributed by atoms with E-state index in [2.05, 4.69) is 18.3 Å². The number of nitrogens with one attached hydrogen (secondary N) is 1. The van der Waals surface area contributed by atoms with E-state index in [0.717, 1.165) is 42.6 Å². The molecule has 5 aliphatic rings. The number of Topliss-reactive ketones (excluding diaryl/α,β-unsaturated/α-hetero) is 1. The van der Waals surface area contributed by atoms with Crippen LogP contribution in [0.4, 0.5) is 0 Å². The van der Waals surface area contributed by atoms with E-state index in [1.165, 1.54) is 5.57 Å². The van der Waals surface area contributed by atoms with Crippen LogP contribution in [0.1, 0.15) is 57.7 Å². The van der Waals surface area contributed by atoms with Crippen molar-refractivity contribution in [2.24, 2.45) is 34.5 Å². The summed E-state index contributed by atoms with van der Waals surface area (Å²) in [6, 6.07) is 0. The molecule has 1 aromatic heterocycles. The Kier molecular flexibility index (Phi) is 5.45. The summed E-state index contributed by atoms with van der Waals surface area (Å²) in [4.78, 5) is 12.8. The molecule has 2 heterocycles. The van der Waals surface area contributed by atoms with Gasteiger partial charge >= 0.3 is 0 Å². The van der Waals surface area contributed by atoms with Crippen LogP contribution in [0.3, 0.4) is 0 Å². The summed E-state index contributed by atoms with van der Waals surface area (Å²) >= 11 is 6.52. The average Bonchev–Trinajstić information content (AvgIpc) is 3.33. The highest BCUT2D eigenvalue weighted by molar-refractivity contribution is 6.25. The Balaban J connectivity index is 1.38. The summed E-state index contributed by atoms with van der Waals surface area (Å²) in [5.41, 5.74) is 1.48. The first-order chi connectivity index (χ1) is 17.1. The third-order valence-electron chi connectivity index (χ3n) is 10.7. The molecular formula is C28H36ClN3O4. The molecule has 8 heteroatoms. The molecule has 7 unspecified atom stereocenters. The van der Waals surface area contributed by atoms with Crippen LogP contribution < -0.4 is 5.32 Å². The van der Waals surface area contributed by atoms with Crippen molar-refractivity contribution in [3.8, 4) is 0 Å². The van der Waals surface area contributed by atoms with Crippen molar-refractivity contribution in [1.82, 2.24) is 15.1 Å². The molecule has 0 amide bonds. The van der Waals surface area contributed by atoms with Crippen LogP contribution in [0.5, 0.6) is 0 Å². The standard InChI is InChI=1S/C28H36ClN3O4/c1-15-9-19-18-7-6-17-10-21-16(13-31-32(21)20-5-4-8-30-25(20)29)11-26(17,2)24(18)22(34)12-27(19,3)28(15,36)23(35)14-33/h4-5,8,10,13,15,18-19,22,24-25,30,33-34,36H,6-7,9,11-12,14H2,1-3H3/t15-,18?,19?,22?,24?,25?,26?,27?,28+/m1/s1. The minimum absolute atomic E-state index is 0.0325. The number of halogens is 1. The number of hydrogen-bond donors (Lipinski definition) is 4. The fourth-order valence-electron chi connectivity index (χ4n) is 9.07. The quantitative estimate of drug-likeness (QED) is 0.365. The Hall–Kier alpha value is -1.93. The third-order valence-corrected chi connectivity index (χ3v) is 11.0. The Labute approximate surface area is 216 Å². The third kappa shape index (κ3) is 2.97.